The van der Waals surface area contributed by atoms with Crippen molar-refractivity contribution in [2.75, 3.05) is 12.4 Å². The summed E-state index contributed by atoms with van der Waals surface area (Å²) in [6.07, 6.45) is 0. The first kappa shape index (κ1) is 15.7. The highest BCUT2D eigenvalue weighted by atomic mass is 79.9. The zero-order valence-corrected chi connectivity index (χ0v) is 13.5. The Balaban J connectivity index is 2.34. The Bertz CT molecular complexity index is 663. The molecule has 0 amide bonds. The quantitative estimate of drug-likeness (QED) is 0.794. The summed E-state index contributed by atoms with van der Waals surface area (Å²) in [6, 6.07) is 11.3. The molecule has 0 heterocycles. The molecule has 0 aromatic heterocycles. The molecule has 4 nitrogen and oxygen atoms in total. The smallest absolute Gasteiger partial charge is 0.332 e. The number of carbonyl (C=O) groups excluding carboxylic acids is 1. The molecule has 2 aromatic carbocycles. The van der Waals surface area contributed by atoms with Crippen molar-refractivity contribution in [3.8, 4) is 5.75 Å². The number of phenols is 1. The second-order valence-corrected chi connectivity index (χ2v) is 5.64. The predicted molar refractivity (Wildman–Crippen MR) is 85.6 cm³/mol. The zero-order chi connectivity index (χ0) is 15.4. The van der Waals surface area contributed by atoms with Gasteiger partial charge in [0.25, 0.3) is 0 Å². The maximum Gasteiger partial charge on any atom is 0.332 e. The molecule has 1 unspecified atom stereocenters. The van der Waals surface area contributed by atoms with E-state index in [-0.39, 0.29) is 10.8 Å². The number of esters is 1. The number of rotatable bonds is 4. The van der Waals surface area contributed by atoms with E-state index in [1.165, 1.54) is 19.2 Å². The number of anilines is 1. The number of hydrogen-bond acceptors (Lipinski definition) is 4. The van der Waals surface area contributed by atoms with Crippen LogP contribution in [-0.2, 0) is 9.53 Å². The monoisotopic (exact) mass is 369 g/mol. The minimum atomic E-state index is -0.720. The van der Waals surface area contributed by atoms with Crippen LogP contribution in [0.5, 0.6) is 5.75 Å². The third-order valence-electron chi connectivity index (χ3n) is 2.88. The summed E-state index contributed by atoms with van der Waals surface area (Å²) < 4.78 is 5.71. The number of aromatic hydroxyl groups is 1. The van der Waals surface area contributed by atoms with Crippen molar-refractivity contribution >= 4 is 39.2 Å². The van der Waals surface area contributed by atoms with E-state index < -0.39 is 12.0 Å². The Morgan fingerprint density at radius 1 is 1.33 bits per heavy atom. The molecule has 0 aliphatic carbocycles. The van der Waals surface area contributed by atoms with Gasteiger partial charge in [0.2, 0.25) is 0 Å². The van der Waals surface area contributed by atoms with Crippen LogP contribution in [0.4, 0.5) is 5.69 Å². The van der Waals surface area contributed by atoms with Crippen molar-refractivity contribution in [1.29, 1.82) is 0 Å². The van der Waals surface area contributed by atoms with Gasteiger partial charge in [0.15, 0.2) is 6.04 Å². The fourth-order valence-corrected chi connectivity index (χ4v) is 2.43. The van der Waals surface area contributed by atoms with Crippen LogP contribution in [0.15, 0.2) is 46.9 Å². The number of nitrogens with one attached hydrogen (secondary N) is 1. The zero-order valence-electron chi connectivity index (χ0n) is 11.1. The average molecular weight is 371 g/mol. The van der Waals surface area contributed by atoms with Gasteiger partial charge in [-0.15, -0.1) is 0 Å². The van der Waals surface area contributed by atoms with Gasteiger partial charge in [0.1, 0.15) is 5.75 Å². The molecule has 6 heteroatoms. The van der Waals surface area contributed by atoms with Crippen LogP contribution in [0.1, 0.15) is 11.6 Å². The predicted octanol–water partition coefficient (Wildman–Crippen LogP) is 4.13. The molecular weight excluding hydrogens is 358 g/mol. The highest BCUT2D eigenvalue weighted by Crippen LogP contribution is 2.29. The first-order valence-electron chi connectivity index (χ1n) is 6.09. The molecule has 0 radical (unpaired) electrons. The van der Waals surface area contributed by atoms with Gasteiger partial charge in [-0.3, -0.25) is 0 Å². The summed E-state index contributed by atoms with van der Waals surface area (Å²) in [4.78, 5) is 12.0. The van der Waals surface area contributed by atoms with E-state index in [9.17, 15) is 9.90 Å². The van der Waals surface area contributed by atoms with Gasteiger partial charge < -0.3 is 15.2 Å². The SMILES string of the molecule is COC(=O)C(Nc1cccc(Br)c1)c1ccc(O)c(Cl)c1. The molecule has 0 aliphatic heterocycles. The normalized spacial score (nSPS) is 11.8. The third-order valence-corrected chi connectivity index (χ3v) is 3.67. The Morgan fingerprint density at radius 2 is 2.10 bits per heavy atom. The number of benzene rings is 2. The first-order chi connectivity index (χ1) is 10.0. The molecule has 110 valence electrons. The molecule has 2 N–H and O–H groups in total. The molecule has 0 bridgehead atoms. The highest BCUT2D eigenvalue weighted by molar-refractivity contribution is 9.10. The standard InChI is InChI=1S/C15H13BrClNO3/c1-21-15(20)14(9-5-6-13(19)12(17)7-9)18-11-4-2-3-10(16)8-11/h2-8,14,18-19H,1H3. The lowest BCUT2D eigenvalue weighted by molar-refractivity contribution is -0.141. The van der Waals surface area contributed by atoms with Crippen LogP contribution in [-0.4, -0.2) is 18.2 Å². The first-order valence-corrected chi connectivity index (χ1v) is 7.26. The molecule has 2 rings (SSSR count). The maximum atomic E-state index is 12.0. The topological polar surface area (TPSA) is 58.6 Å². The summed E-state index contributed by atoms with van der Waals surface area (Å²) in [6.45, 7) is 0. The van der Waals surface area contributed by atoms with E-state index in [1.807, 2.05) is 24.3 Å². The molecule has 1 atom stereocenters. The van der Waals surface area contributed by atoms with Crippen molar-refractivity contribution < 1.29 is 14.6 Å². The summed E-state index contributed by atoms with van der Waals surface area (Å²) in [5, 5.41) is 12.7. The van der Waals surface area contributed by atoms with Gasteiger partial charge in [-0.25, -0.2) is 4.79 Å². The molecule has 2 aromatic rings. The molecular formula is C15H13BrClNO3. The summed E-state index contributed by atoms with van der Waals surface area (Å²) in [7, 11) is 1.32. The third kappa shape index (κ3) is 3.89. The fourth-order valence-electron chi connectivity index (χ4n) is 1.84. The van der Waals surface area contributed by atoms with Crippen molar-refractivity contribution in [3.05, 3.63) is 57.5 Å². The maximum absolute atomic E-state index is 12.0. The van der Waals surface area contributed by atoms with E-state index in [1.54, 1.807) is 6.07 Å². The Labute approximate surface area is 135 Å². The van der Waals surface area contributed by atoms with Crippen molar-refractivity contribution in [2.45, 2.75) is 6.04 Å². The van der Waals surface area contributed by atoms with Crippen LogP contribution in [0, 0.1) is 0 Å². The molecule has 0 fully saturated rings. The van der Waals surface area contributed by atoms with Gasteiger partial charge in [-0.2, -0.15) is 0 Å². The Kier molecular flexibility index (Phi) is 5.09. The van der Waals surface area contributed by atoms with Crippen LogP contribution in [0.2, 0.25) is 5.02 Å². The lowest BCUT2D eigenvalue weighted by Crippen LogP contribution is -2.22. The summed E-state index contributed by atoms with van der Waals surface area (Å²) in [5.41, 5.74) is 1.36. The van der Waals surface area contributed by atoms with Crippen LogP contribution < -0.4 is 5.32 Å². The van der Waals surface area contributed by atoms with Crippen molar-refractivity contribution in [1.82, 2.24) is 0 Å². The number of hydrogen-bond donors (Lipinski definition) is 2. The van der Waals surface area contributed by atoms with Gasteiger partial charge >= 0.3 is 5.97 Å². The molecule has 0 aliphatic rings. The number of methoxy groups -OCH3 is 1. The lowest BCUT2D eigenvalue weighted by atomic mass is 10.1. The Hall–Kier alpha value is -1.72. The van der Waals surface area contributed by atoms with E-state index in [4.69, 9.17) is 16.3 Å². The van der Waals surface area contributed by atoms with Crippen LogP contribution in [0.3, 0.4) is 0 Å². The van der Waals surface area contributed by atoms with Crippen LogP contribution >= 0.6 is 27.5 Å². The van der Waals surface area contributed by atoms with Crippen molar-refractivity contribution in [2.24, 2.45) is 0 Å². The minimum Gasteiger partial charge on any atom is -0.506 e. The molecule has 0 saturated heterocycles. The van der Waals surface area contributed by atoms with Gasteiger partial charge in [-0.05, 0) is 35.9 Å². The van der Waals surface area contributed by atoms with Gasteiger partial charge in [0.05, 0.1) is 12.1 Å². The summed E-state index contributed by atoms with van der Waals surface area (Å²) in [5.74, 6) is -0.483. The second kappa shape index (κ2) is 6.83. The minimum absolute atomic E-state index is 0.0357. The van der Waals surface area contributed by atoms with Gasteiger partial charge in [-0.1, -0.05) is 39.7 Å². The van der Waals surface area contributed by atoms with E-state index >= 15 is 0 Å². The largest absolute Gasteiger partial charge is 0.506 e. The van der Waals surface area contributed by atoms with Gasteiger partial charge in [0, 0.05) is 10.2 Å². The number of halogens is 2. The number of carbonyl (C=O) groups is 1. The summed E-state index contributed by atoms with van der Waals surface area (Å²) >= 11 is 9.27. The molecule has 0 spiro atoms. The molecule has 0 saturated carbocycles. The van der Waals surface area contributed by atoms with E-state index in [2.05, 4.69) is 21.2 Å². The lowest BCUT2D eigenvalue weighted by Gasteiger charge is -2.18. The Morgan fingerprint density at radius 3 is 2.71 bits per heavy atom. The molecule has 21 heavy (non-hydrogen) atoms. The fraction of sp³-hybridized carbons (Fsp3) is 0.133. The highest BCUT2D eigenvalue weighted by Gasteiger charge is 2.22. The van der Waals surface area contributed by atoms with Crippen molar-refractivity contribution in [3.63, 3.8) is 0 Å². The van der Waals surface area contributed by atoms with Crippen LogP contribution in [0.25, 0.3) is 0 Å². The average Bonchev–Trinajstić information content (AvgIpc) is 2.47. The number of ether oxygens (including phenoxy) is 1. The number of phenolic OH excluding ortho intramolecular Hbond substituents is 1. The second-order valence-electron chi connectivity index (χ2n) is 4.32. The van der Waals surface area contributed by atoms with E-state index in [0.29, 0.717) is 5.56 Å². The van der Waals surface area contributed by atoms with E-state index in [0.717, 1.165) is 10.2 Å².